The molecule has 2 atom stereocenters. The van der Waals surface area contributed by atoms with Crippen molar-refractivity contribution in [2.45, 2.75) is 38.3 Å². The van der Waals surface area contributed by atoms with Crippen molar-refractivity contribution < 1.29 is 14.7 Å². The van der Waals surface area contributed by atoms with Gasteiger partial charge in [0.15, 0.2) is 0 Å². The summed E-state index contributed by atoms with van der Waals surface area (Å²) in [5, 5.41) is 14.0. The SMILES string of the molecule is CC(C)NC(=O)c1ccnc(N2CC[C@@]3(O)CCN(C(=O)N(C)C)C[C@H]3C2)c1. The van der Waals surface area contributed by atoms with E-state index in [1.54, 1.807) is 37.3 Å². The van der Waals surface area contributed by atoms with Gasteiger partial charge in [-0.15, -0.1) is 0 Å². The Hall–Kier alpha value is -2.35. The van der Waals surface area contributed by atoms with Crippen molar-refractivity contribution in [3.05, 3.63) is 23.9 Å². The summed E-state index contributed by atoms with van der Waals surface area (Å²) in [6, 6.07) is 3.55. The first-order chi connectivity index (χ1) is 13.2. The number of fused-ring (bicyclic) bond motifs is 1. The third-order valence-corrected chi connectivity index (χ3v) is 5.68. The smallest absolute Gasteiger partial charge is 0.319 e. The third-order valence-electron chi connectivity index (χ3n) is 5.68. The van der Waals surface area contributed by atoms with Crippen LogP contribution in [0, 0.1) is 5.92 Å². The van der Waals surface area contributed by atoms with Crippen LogP contribution >= 0.6 is 0 Å². The highest BCUT2D eigenvalue weighted by molar-refractivity contribution is 5.95. The molecule has 0 aliphatic carbocycles. The van der Waals surface area contributed by atoms with E-state index in [0.717, 1.165) is 5.82 Å². The van der Waals surface area contributed by atoms with Crippen LogP contribution in [-0.4, -0.2) is 83.7 Å². The number of nitrogens with zero attached hydrogens (tertiary/aromatic N) is 4. The van der Waals surface area contributed by atoms with Crippen LogP contribution in [0.2, 0.25) is 0 Å². The number of anilines is 1. The zero-order chi connectivity index (χ0) is 20.5. The van der Waals surface area contributed by atoms with E-state index < -0.39 is 5.60 Å². The van der Waals surface area contributed by atoms with Crippen molar-refractivity contribution in [2.75, 3.05) is 45.2 Å². The monoisotopic (exact) mass is 389 g/mol. The number of nitrogens with one attached hydrogen (secondary N) is 1. The van der Waals surface area contributed by atoms with Gasteiger partial charge in [0.1, 0.15) is 5.82 Å². The minimum absolute atomic E-state index is 0.0235. The molecular formula is C20H31N5O3. The van der Waals surface area contributed by atoms with Gasteiger partial charge in [0, 0.05) is 64.0 Å². The Morgan fingerprint density at radius 3 is 2.68 bits per heavy atom. The van der Waals surface area contributed by atoms with Crippen LogP contribution in [-0.2, 0) is 0 Å². The van der Waals surface area contributed by atoms with Gasteiger partial charge in [-0.3, -0.25) is 4.79 Å². The highest BCUT2D eigenvalue weighted by Gasteiger charge is 2.46. The predicted molar refractivity (Wildman–Crippen MR) is 107 cm³/mol. The van der Waals surface area contributed by atoms with Crippen LogP contribution in [0.1, 0.15) is 37.0 Å². The van der Waals surface area contributed by atoms with Crippen molar-refractivity contribution in [2.24, 2.45) is 5.92 Å². The Balaban J connectivity index is 1.74. The Morgan fingerprint density at radius 1 is 1.29 bits per heavy atom. The Morgan fingerprint density at radius 2 is 2.00 bits per heavy atom. The molecular weight excluding hydrogens is 358 g/mol. The Labute approximate surface area is 166 Å². The van der Waals surface area contributed by atoms with Gasteiger partial charge in [-0.2, -0.15) is 0 Å². The zero-order valence-corrected chi connectivity index (χ0v) is 17.2. The second-order valence-electron chi connectivity index (χ2n) is 8.40. The molecule has 2 aliphatic heterocycles. The largest absolute Gasteiger partial charge is 0.389 e. The summed E-state index contributed by atoms with van der Waals surface area (Å²) >= 11 is 0. The first kappa shape index (κ1) is 20.4. The molecule has 8 nitrogen and oxygen atoms in total. The molecule has 0 radical (unpaired) electrons. The van der Waals surface area contributed by atoms with Gasteiger partial charge in [0.25, 0.3) is 5.91 Å². The molecule has 2 saturated heterocycles. The zero-order valence-electron chi connectivity index (χ0n) is 17.2. The van der Waals surface area contributed by atoms with Crippen LogP contribution in [0.4, 0.5) is 10.6 Å². The maximum Gasteiger partial charge on any atom is 0.319 e. The minimum atomic E-state index is -0.744. The molecule has 2 fully saturated rings. The maximum atomic E-state index is 12.3. The number of aliphatic hydroxyl groups is 1. The maximum absolute atomic E-state index is 12.3. The van der Waals surface area contributed by atoms with Gasteiger partial charge in [-0.25, -0.2) is 9.78 Å². The molecule has 154 valence electrons. The van der Waals surface area contributed by atoms with E-state index in [4.69, 9.17) is 0 Å². The van der Waals surface area contributed by atoms with Crippen LogP contribution in [0.3, 0.4) is 0 Å². The van der Waals surface area contributed by atoms with Gasteiger partial charge in [-0.05, 0) is 38.8 Å². The predicted octanol–water partition coefficient (Wildman–Crippen LogP) is 1.16. The number of pyridine rings is 1. The fourth-order valence-electron chi connectivity index (χ4n) is 4.05. The lowest BCUT2D eigenvalue weighted by molar-refractivity contribution is -0.0760. The standard InChI is InChI=1S/C20H31N5O3/c1-14(2)22-18(26)15-5-8-21-17(11-15)24-9-6-20(28)7-10-25(13-16(20)12-24)19(27)23(3)4/h5,8,11,14,16,28H,6-7,9-10,12-13H2,1-4H3,(H,22,26)/t16-,20-/m1/s1. The van der Waals surface area contributed by atoms with Crippen LogP contribution in [0.25, 0.3) is 0 Å². The van der Waals surface area contributed by atoms with Gasteiger partial charge < -0.3 is 25.1 Å². The molecule has 0 spiro atoms. The number of amides is 3. The van der Waals surface area contributed by atoms with Crippen LogP contribution in [0.15, 0.2) is 18.3 Å². The number of aromatic nitrogens is 1. The van der Waals surface area contributed by atoms with Crippen molar-refractivity contribution in [1.82, 2.24) is 20.1 Å². The van der Waals surface area contributed by atoms with Crippen molar-refractivity contribution >= 4 is 17.8 Å². The van der Waals surface area contributed by atoms with Crippen LogP contribution in [0.5, 0.6) is 0 Å². The highest BCUT2D eigenvalue weighted by Crippen LogP contribution is 2.37. The quantitative estimate of drug-likeness (QED) is 0.810. The third kappa shape index (κ3) is 4.22. The van der Waals surface area contributed by atoms with Crippen LogP contribution < -0.4 is 10.2 Å². The summed E-state index contributed by atoms with van der Waals surface area (Å²) in [5.41, 5.74) is -0.167. The number of rotatable bonds is 3. The van der Waals surface area contributed by atoms with Gasteiger partial charge in [0.2, 0.25) is 0 Å². The van der Waals surface area contributed by atoms with E-state index in [2.05, 4.69) is 15.2 Å². The molecule has 0 bridgehead atoms. The molecule has 3 rings (SSSR count). The van der Waals surface area contributed by atoms with E-state index in [1.807, 2.05) is 18.7 Å². The summed E-state index contributed by atoms with van der Waals surface area (Å²) in [6.07, 6.45) is 2.87. The van der Waals surface area contributed by atoms with Crippen molar-refractivity contribution in [3.63, 3.8) is 0 Å². The molecule has 2 N–H and O–H groups in total. The summed E-state index contributed by atoms with van der Waals surface area (Å²) in [6.45, 7) is 6.24. The van der Waals surface area contributed by atoms with E-state index in [0.29, 0.717) is 44.6 Å². The number of hydrogen-bond acceptors (Lipinski definition) is 5. The molecule has 3 amide bonds. The van der Waals surface area contributed by atoms with Crippen molar-refractivity contribution in [3.8, 4) is 0 Å². The minimum Gasteiger partial charge on any atom is -0.389 e. The Bertz CT molecular complexity index is 738. The first-order valence-corrected chi connectivity index (χ1v) is 9.90. The lowest BCUT2D eigenvalue weighted by Crippen LogP contribution is -2.61. The van der Waals surface area contributed by atoms with Gasteiger partial charge in [-0.1, -0.05) is 0 Å². The molecule has 28 heavy (non-hydrogen) atoms. The normalized spacial score (nSPS) is 24.7. The number of likely N-dealkylation sites (tertiary alicyclic amines) is 1. The lowest BCUT2D eigenvalue weighted by Gasteiger charge is -2.50. The summed E-state index contributed by atoms with van der Waals surface area (Å²) in [5.74, 6) is 0.566. The molecule has 3 heterocycles. The van der Waals surface area contributed by atoms with E-state index in [-0.39, 0.29) is 23.9 Å². The van der Waals surface area contributed by atoms with Gasteiger partial charge in [0.05, 0.1) is 5.60 Å². The van der Waals surface area contributed by atoms with Gasteiger partial charge >= 0.3 is 6.03 Å². The molecule has 0 saturated carbocycles. The molecule has 1 aromatic rings. The number of urea groups is 1. The first-order valence-electron chi connectivity index (χ1n) is 9.90. The summed E-state index contributed by atoms with van der Waals surface area (Å²) in [7, 11) is 3.49. The summed E-state index contributed by atoms with van der Waals surface area (Å²) in [4.78, 5) is 34.6. The average molecular weight is 390 g/mol. The highest BCUT2D eigenvalue weighted by atomic mass is 16.3. The molecule has 0 unspecified atom stereocenters. The Kier molecular flexibility index (Phi) is 5.79. The molecule has 8 heteroatoms. The molecule has 0 aromatic carbocycles. The topological polar surface area (TPSA) is 89.0 Å². The van der Waals surface area contributed by atoms with E-state index in [1.165, 1.54) is 0 Å². The van der Waals surface area contributed by atoms with E-state index in [9.17, 15) is 14.7 Å². The number of hydrogen-bond donors (Lipinski definition) is 2. The molecule has 1 aromatic heterocycles. The second-order valence-corrected chi connectivity index (χ2v) is 8.40. The second kappa shape index (κ2) is 7.95. The van der Waals surface area contributed by atoms with Crippen molar-refractivity contribution in [1.29, 1.82) is 0 Å². The average Bonchev–Trinajstić information content (AvgIpc) is 2.66. The fourth-order valence-corrected chi connectivity index (χ4v) is 4.05. The fraction of sp³-hybridized carbons (Fsp3) is 0.650. The summed E-state index contributed by atoms with van der Waals surface area (Å²) < 4.78 is 0. The number of carbonyl (C=O) groups is 2. The number of piperidine rings is 2. The van der Waals surface area contributed by atoms with E-state index >= 15 is 0 Å². The lowest BCUT2D eigenvalue weighted by atomic mass is 9.75. The molecule has 2 aliphatic rings. The number of carbonyl (C=O) groups excluding carboxylic acids is 2.